The number of hydrogen-bond acceptors (Lipinski definition) is 2. The van der Waals surface area contributed by atoms with E-state index in [-0.39, 0.29) is 16.0 Å². The highest BCUT2D eigenvalue weighted by Gasteiger charge is 2.13. The number of rotatable bonds is 1. The molecule has 0 atom stereocenters. The highest BCUT2D eigenvalue weighted by atomic mass is 32.1. The van der Waals surface area contributed by atoms with E-state index in [9.17, 15) is 13.2 Å². The van der Waals surface area contributed by atoms with Crippen LogP contribution in [0.25, 0.3) is 10.1 Å². The van der Waals surface area contributed by atoms with Crippen LogP contribution in [0.3, 0.4) is 0 Å². The van der Waals surface area contributed by atoms with Crippen molar-refractivity contribution in [2.75, 3.05) is 5.73 Å². The summed E-state index contributed by atoms with van der Waals surface area (Å²) in [6, 6.07) is 3.88. The molecule has 0 aliphatic carbocycles. The topological polar surface area (TPSA) is 26.0 Å². The molecule has 2 N–H and O–H groups in total. The molecular weight excluding hydrogens is 211 g/mol. The summed E-state index contributed by atoms with van der Waals surface area (Å²) in [6.07, 6.45) is -2.58. The van der Waals surface area contributed by atoms with Crippen LogP contribution >= 0.6 is 11.3 Å². The van der Waals surface area contributed by atoms with Gasteiger partial charge in [0.15, 0.2) is 5.82 Å². The summed E-state index contributed by atoms with van der Waals surface area (Å²) in [6.45, 7) is 0. The molecule has 0 fully saturated rings. The summed E-state index contributed by atoms with van der Waals surface area (Å²) < 4.78 is 38.4. The largest absolute Gasteiger partial charge is 0.388 e. The Bertz CT molecular complexity index is 478. The van der Waals surface area contributed by atoms with E-state index in [2.05, 4.69) is 0 Å². The molecule has 0 radical (unpaired) electrons. The van der Waals surface area contributed by atoms with Crippen molar-refractivity contribution in [1.82, 2.24) is 0 Å². The maximum atomic E-state index is 13.2. The van der Waals surface area contributed by atoms with Gasteiger partial charge in [-0.25, -0.2) is 13.2 Å². The minimum atomic E-state index is -2.58. The third kappa shape index (κ3) is 1.33. The summed E-state index contributed by atoms with van der Waals surface area (Å²) in [5, 5.41) is 0.205. The Hall–Kier alpha value is -1.23. The van der Waals surface area contributed by atoms with Crippen LogP contribution in [0.4, 0.5) is 18.2 Å². The number of hydrogen-bond donors (Lipinski definition) is 1. The average Bonchev–Trinajstić information content (AvgIpc) is 2.43. The fourth-order valence-electron chi connectivity index (χ4n) is 1.24. The first kappa shape index (κ1) is 9.33. The molecule has 0 aliphatic rings. The van der Waals surface area contributed by atoms with Crippen LogP contribution in [0.5, 0.6) is 0 Å². The number of fused-ring (bicyclic) bond motifs is 1. The van der Waals surface area contributed by atoms with Gasteiger partial charge in [-0.05, 0) is 12.1 Å². The number of thiophene rings is 1. The summed E-state index contributed by atoms with van der Waals surface area (Å²) >= 11 is 1.06. The standard InChI is InChI=1S/C9H6F3NS/c10-7-5-3-4(8(11)12)1-2-6(5)14-9(7)13/h1-3,8H,13H2. The Morgan fingerprint density at radius 2 is 2.00 bits per heavy atom. The molecule has 2 rings (SSSR count). The number of halogens is 3. The smallest absolute Gasteiger partial charge is 0.263 e. The Labute approximate surface area is 82.0 Å². The fraction of sp³-hybridized carbons (Fsp3) is 0.111. The molecule has 14 heavy (non-hydrogen) atoms. The van der Waals surface area contributed by atoms with Crippen LogP contribution in [0, 0.1) is 5.82 Å². The monoisotopic (exact) mass is 217 g/mol. The van der Waals surface area contributed by atoms with Crippen molar-refractivity contribution in [3.63, 3.8) is 0 Å². The van der Waals surface area contributed by atoms with Crippen molar-refractivity contribution in [3.05, 3.63) is 29.6 Å². The minimum Gasteiger partial charge on any atom is -0.388 e. The van der Waals surface area contributed by atoms with Crippen molar-refractivity contribution >= 4 is 26.4 Å². The zero-order chi connectivity index (χ0) is 10.3. The molecule has 5 heteroatoms. The van der Waals surface area contributed by atoms with Crippen LogP contribution in [0.15, 0.2) is 18.2 Å². The first-order valence-electron chi connectivity index (χ1n) is 3.85. The lowest BCUT2D eigenvalue weighted by atomic mass is 10.2. The second kappa shape index (κ2) is 3.16. The van der Waals surface area contributed by atoms with Gasteiger partial charge in [0.1, 0.15) is 5.00 Å². The maximum Gasteiger partial charge on any atom is 0.263 e. The van der Waals surface area contributed by atoms with Crippen LogP contribution < -0.4 is 5.73 Å². The molecule has 0 spiro atoms. The van der Waals surface area contributed by atoms with Crippen molar-refractivity contribution in [2.24, 2.45) is 0 Å². The molecule has 0 bridgehead atoms. The molecule has 0 saturated heterocycles. The van der Waals surface area contributed by atoms with Gasteiger partial charge >= 0.3 is 0 Å². The van der Waals surface area contributed by atoms with Gasteiger partial charge in [0, 0.05) is 15.6 Å². The predicted octanol–water partition coefficient (Wildman–Crippen LogP) is 3.56. The highest BCUT2D eigenvalue weighted by molar-refractivity contribution is 7.22. The number of alkyl halides is 2. The Balaban J connectivity index is 2.69. The van der Waals surface area contributed by atoms with E-state index in [1.54, 1.807) is 0 Å². The van der Waals surface area contributed by atoms with Crippen molar-refractivity contribution in [2.45, 2.75) is 6.43 Å². The maximum absolute atomic E-state index is 13.2. The number of nitrogen functional groups attached to an aromatic ring is 1. The molecular formula is C9H6F3NS. The van der Waals surface area contributed by atoms with E-state index >= 15 is 0 Å². The van der Waals surface area contributed by atoms with Crippen LogP contribution in [0.1, 0.15) is 12.0 Å². The third-order valence-electron chi connectivity index (χ3n) is 1.93. The van der Waals surface area contributed by atoms with Gasteiger partial charge in [-0.15, -0.1) is 11.3 Å². The summed E-state index contributed by atoms with van der Waals surface area (Å²) in [4.78, 5) is 0. The Kier molecular flexibility index (Phi) is 2.11. The van der Waals surface area contributed by atoms with E-state index in [1.165, 1.54) is 12.1 Å². The van der Waals surface area contributed by atoms with Gasteiger partial charge in [0.2, 0.25) is 0 Å². The number of anilines is 1. The van der Waals surface area contributed by atoms with E-state index in [0.717, 1.165) is 17.4 Å². The molecule has 0 amide bonds. The fourth-order valence-corrected chi connectivity index (χ4v) is 2.07. The first-order valence-corrected chi connectivity index (χ1v) is 4.67. The predicted molar refractivity (Wildman–Crippen MR) is 51.2 cm³/mol. The third-order valence-corrected chi connectivity index (χ3v) is 2.90. The summed E-state index contributed by atoms with van der Waals surface area (Å²) in [5.41, 5.74) is 5.15. The molecule has 0 aliphatic heterocycles. The lowest BCUT2D eigenvalue weighted by Gasteiger charge is -1.98. The van der Waals surface area contributed by atoms with Gasteiger partial charge < -0.3 is 5.73 Å². The van der Waals surface area contributed by atoms with Gasteiger partial charge in [-0.2, -0.15) is 0 Å². The van der Waals surface area contributed by atoms with Crippen LogP contribution in [-0.2, 0) is 0 Å². The van der Waals surface area contributed by atoms with Crippen molar-refractivity contribution < 1.29 is 13.2 Å². The zero-order valence-electron chi connectivity index (χ0n) is 6.93. The van der Waals surface area contributed by atoms with E-state index < -0.39 is 12.2 Å². The van der Waals surface area contributed by atoms with Gasteiger partial charge in [-0.3, -0.25) is 0 Å². The van der Waals surface area contributed by atoms with E-state index in [4.69, 9.17) is 5.73 Å². The van der Waals surface area contributed by atoms with Gasteiger partial charge in [0.05, 0.1) is 0 Å². The molecule has 0 unspecified atom stereocenters. The molecule has 2 aromatic rings. The van der Waals surface area contributed by atoms with Gasteiger partial charge in [0.25, 0.3) is 6.43 Å². The molecule has 1 nitrogen and oxygen atoms in total. The number of benzene rings is 1. The number of nitrogens with two attached hydrogens (primary N) is 1. The van der Waals surface area contributed by atoms with E-state index in [1.807, 2.05) is 0 Å². The van der Waals surface area contributed by atoms with Crippen LogP contribution in [0.2, 0.25) is 0 Å². The average molecular weight is 217 g/mol. The quantitative estimate of drug-likeness (QED) is 0.776. The summed E-state index contributed by atoms with van der Waals surface area (Å²) in [7, 11) is 0. The van der Waals surface area contributed by atoms with Crippen molar-refractivity contribution in [3.8, 4) is 0 Å². The van der Waals surface area contributed by atoms with Crippen LogP contribution in [-0.4, -0.2) is 0 Å². The Morgan fingerprint density at radius 3 is 2.64 bits per heavy atom. The van der Waals surface area contributed by atoms with Gasteiger partial charge in [-0.1, -0.05) is 6.07 Å². The Morgan fingerprint density at radius 1 is 1.29 bits per heavy atom. The van der Waals surface area contributed by atoms with Crippen molar-refractivity contribution in [1.29, 1.82) is 0 Å². The minimum absolute atomic E-state index is 0.0337. The molecule has 1 aromatic heterocycles. The molecule has 74 valence electrons. The lowest BCUT2D eigenvalue weighted by molar-refractivity contribution is 0.151. The SMILES string of the molecule is Nc1sc2ccc(C(F)F)cc2c1F. The zero-order valence-corrected chi connectivity index (χ0v) is 7.75. The molecule has 1 heterocycles. The normalized spacial score (nSPS) is 11.4. The second-order valence-corrected chi connectivity index (χ2v) is 3.92. The highest BCUT2D eigenvalue weighted by Crippen LogP contribution is 2.34. The second-order valence-electron chi connectivity index (χ2n) is 2.84. The molecule has 1 aromatic carbocycles. The van der Waals surface area contributed by atoms with E-state index in [0.29, 0.717) is 4.70 Å². The summed E-state index contributed by atoms with van der Waals surface area (Å²) in [5.74, 6) is -0.604. The first-order chi connectivity index (χ1) is 6.59. The molecule has 0 saturated carbocycles. The lowest BCUT2D eigenvalue weighted by Crippen LogP contribution is -1.84.